The highest BCUT2D eigenvalue weighted by Crippen LogP contribution is 2.24. The zero-order chi connectivity index (χ0) is 19.4. The molecule has 1 aromatic heterocycles. The van der Waals surface area contributed by atoms with Crippen LogP contribution in [0.5, 0.6) is 0 Å². The molecule has 2 aromatic carbocycles. The van der Waals surface area contributed by atoms with Crippen LogP contribution in [0.3, 0.4) is 0 Å². The Kier molecular flexibility index (Phi) is 5.93. The van der Waals surface area contributed by atoms with Crippen LogP contribution < -0.4 is 5.32 Å². The summed E-state index contributed by atoms with van der Waals surface area (Å²) in [5, 5.41) is 10.6. The lowest BCUT2D eigenvalue weighted by atomic mass is 10.1. The van der Waals surface area contributed by atoms with Crippen molar-refractivity contribution in [2.75, 3.05) is 5.32 Å². The lowest BCUT2D eigenvalue weighted by Gasteiger charge is -2.10. The van der Waals surface area contributed by atoms with E-state index in [9.17, 15) is 9.59 Å². The maximum absolute atomic E-state index is 12.4. The Balaban J connectivity index is 1.61. The van der Waals surface area contributed by atoms with Gasteiger partial charge in [-0.25, -0.2) is 4.98 Å². The number of hydrogen-bond donors (Lipinski definition) is 2. The summed E-state index contributed by atoms with van der Waals surface area (Å²) < 4.78 is 0. The minimum Gasteiger partial charge on any atom is -0.325 e. The first kappa shape index (κ1) is 19.1. The maximum atomic E-state index is 12.4. The Labute approximate surface area is 165 Å². The van der Waals surface area contributed by atoms with Crippen molar-refractivity contribution in [3.8, 4) is 11.4 Å². The first-order valence-electron chi connectivity index (χ1n) is 8.19. The predicted octanol–water partition coefficient (Wildman–Crippen LogP) is 4.45. The molecule has 27 heavy (non-hydrogen) atoms. The van der Waals surface area contributed by atoms with E-state index in [1.54, 1.807) is 43.3 Å². The maximum Gasteiger partial charge on any atom is 0.237 e. The summed E-state index contributed by atoms with van der Waals surface area (Å²) in [6.07, 6.45) is 0. The predicted molar refractivity (Wildman–Crippen MR) is 107 cm³/mol. The number of anilines is 1. The molecular formula is C19H17ClN4O2S. The molecule has 0 bridgehead atoms. The molecule has 0 fully saturated rings. The molecule has 8 heteroatoms. The normalized spacial score (nSPS) is 11.8. The highest BCUT2D eigenvalue weighted by molar-refractivity contribution is 8.00. The lowest BCUT2D eigenvalue weighted by Crippen LogP contribution is -2.22. The molecule has 1 unspecified atom stereocenters. The van der Waals surface area contributed by atoms with Gasteiger partial charge in [0.1, 0.15) is 0 Å². The number of amides is 1. The fraction of sp³-hybridized carbons (Fsp3) is 0.158. The Morgan fingerprint density at radius 1 is 1.11 bits per heavy atom. The van der Waals surface area contributed by atoms with Gasteiger partial charge in [-0.05, 0) is 62.4 Å². The number of thioether (sulfide) groups is 1. The van der Waals surface area contributed by atoms with Crippen molar-refractivity contribution in [1.29, 1.82) is 0 Å². The fourth-order valence-electron chi connectivity index (χ4n) is 2.28. The van der Waals surface area contributed by atoms with Crippen molar-refractivity contribution in [2.45, 2.75) is 24.3 Å². The molecule has 0 aliphatic rings. The molecule has 0 saturated heterocycles. The summed E-state index contributed by atoms with van der Waals surface area (Å²) in [7, 11) is 0. The number of Topliss-reactive ketones (excluding diaryl/α,β-unsaturated/α-hetero) is 1. The van der Waals surface area contributed by atoms with Gasteiger partial charge in [-0.3, -0.25) is 14.7 Å². The van der Waals surface area contributed by atoms with Gasteiger partial charge in [0.05, 0.1) is 5.25 Å². The van der Waals surface area contributed by atoms with Gasteiger partial charge < -0.3 is 5.32 Å². The molecule has 0 aliphatic heterocycles. The number of H-pyrrole nitrogens is 1. The summed E-state index contributed by atoms with van der Waals surface area (Å²) in [5.74, 6) is 0.424. The molecule has 0 radical (unpaired) electrons. The molecule has 3 aromatic rings. The van der Waals surface area contributed by atoms with E-state index in [1.165, 1.54) is 18.7 Å². The average Bonchev–Trinajstić information content (AvgIpc) is 3.11. The van der Waals surface area contributed by atoms with Crippen LogP contribution in [0.25, 0.3) is 11.4 Å². The van der Waals surface area contributed by atoms with Crippen LogP contribution in [0.15, 0.2) is 53.7 Å². The van der Waals surface area contributed by atoms with Crippen LogP contribution in [-0.2, 0) is 4.79 Å². The van der Waals surface area contributed by atoms with Crippen molar-refractivity contribution >= 4 is 40.7 Å². The Morgan fingerprint density at radius 2 is 1.78 bits per heavy atom. The SMILES string of the molecule is CC(=O)c1ccc(NC(=O)C(C)Sc2n[nH]c(-c3ccc(Cl)cc3)n2)cc1. The Morgan fingerprint density at radius 3 is 2.41 bits per heavy atom. The van der Waals surface area contributed by atoms with Crippen molar-refractivity contribution in [2.24, 2.45) is 0 Å². The standard InChI is InChI=1S/C19H17ClN4O2S/c1-11(25)13-5-9-16(10-6-13)21-18(26)12(2)27-19-22-17(23-24-19)14-3-7-15(20)8-4-14/h3-10,12H,1-2H3,(H,21,26)(H,22,23,24). The molecule has 0 saturated carbocycles. The second-order valence-corrected chi connectivity index (χ2v) is 7.60. The monoisotopic (exact) mass is 400 g/mol. The van der Waals surface area contributed by atoms with Gasteiger partial charge in [0.15, 0.2) is 11.6 Å². The molecular weight excluding hydrogens is 384 g/mol. The molecule has 1 heterocycles. The zero-order valence-corrected chi connectivity index (χ0v) is 16.3. The quantitative estimate of drug-likeness (QED) is 0.471. The van der Waals surface area contributed by atoms with Crippen molar-refractivity contribution in [1.82, 2.24) is 15.2 Å². The fourth-order valence-corrected chi connectivity index (χ4v) is 3.13. The van der Waals surface area contributed by atoms with Crippen molar-refractivity contribution in [3.05, 3.63) is 59.1 Å². The second kappa shape index (κ2) is 8.37. The highest BCUT2D eigenvalue weighted by Gasteiger charge is 2.18. The van der Waals surface area contributed by atoms with Crippen LogP contribution in [-0.4, -0.2) is 32.1 Å². The number of halogens is 1. The lowest BCUT2D eigenvalue weighted by molar-refractivity contribution is -0.115. The smallest absolute Gasteiger partial charge is 0.237 e. The second-order valence-electron chi connectivity index (χ2n) is 5.86. The summed E-state index contributed by atoms with van der Waals surface area (Å²) in [4.78, 5) is 28.1. The Bertz CT molecular complexity index is 955. The molecule has 6 nitrogen and oxygen atoms in total. The summed E-state index contributed by atoms with van der Waals surface area (Å²) in [6.45, 7) is 3.28. The minimum atomic E-state index is -0.397. The van der Waals surface area contributed by atoms with Gasteiger partial charge in [0, 0.05) is 21.8 Å². The molecule has 2 N–H and O–H groups in total. The van der Waals surface area contributed by atoms with E-state index in [2.05, 4.69) is 20.5 Å². The number of carbonyl (C=O) groups excluding carboxylic acids is 2. The van der Waals surface area contributed by atoms with Crippen LogP contribution >= 0.6 is 23.4 Å². The molecule has 0 aliphatic carbocycles. The third-order valence-electron chi connectivity index (χ3n) is 3.79. The number of ketones is 1. The van der Waals surface area contributed by atoms with Crippen LogP contribution in [0.2, 0.25) is 5.02 Å². The third-order valence-corrected chi connectivity index (χ3v) is 5.01. The van der Waals surface area contributed by atoms with Crippen molar-refractivity contribution in [3.63, 3.8) is 0 Å². The summed E-state index contributed by atoms with van der Waals surface area (Å²) in [6, 6.07) is 14.0. The summed E-state index contributed by atoms with van der Waals surface area (Å²) in [5.41, 5.74) is 2.10. The van der Waals surface area contributed by atoms with Crippen molar-refractivity contribution < 1.29 is 9.59 Å². The number of carbonyl (C=O) groups is 2. The van der Waals surface area contributed by atoms with E-state index >= 15 is 0 Å². The molecule has 1 amide bonds. The zero-order valence-electron chi connectivity index (χ0n) is 14.7. The molecule has 138 valence electrons. The average molecular weight is 401 g/mol. The highest BCUT2D eigenvalue weighted by atomic mass is 35.5. The first-order valence-corrected chi connectivity index (χ1v) is 9.45. The van der Waals surface area contributed by atoms with Gasteiger partial charge in [0.2, 0.25) is 11.1 Å². The van der Waals surface area contributed by atoms with Crippen LogP contribution in [0, 0.1) is 0 Å². The molecule has 1 atom stereocenters. The minimum absolute atomic E-state index is 0.0158. The van der Waals surface area contributed by atoms with Gasteiger partial charge in [-0.1, -0.05) is 23.4 Å². The third kappa shape index (κ3) is 4.96. The largest absolute Gasteiger partial charge is 0.325 e. The number of aromatic nitrogens is 3. The first-order chi connectivity index (χ1) is 12.9. The van der Waals surface area contributed by atoms with Gasteiger partial charge in [-0.15, -0.1) is 5.10 Å². The van der Waals surface area contributed by atoms with E-state index in [1.807, 2.05) is 12.1 Å². The van der Waals surface area contributed by atoms with E-state index in [-0.39, 0.29) is 11.7 Å². The Hall–Kier alpha value is -2.64. The number of nitrogens with zero attached hydrogens (tertiary/aromatic N) is 2. The molecule has 0 spiro atoms. The number of nitrogens with one attached hydrogen (secondary N) is 2. The van der Waals surface area contributed by atoms with Gasteiger partial charge in [0.25, 0.3) is 0 Å². The van der Waals surface area contributed by atoms with Gasteiger partial charge >= 0.3 is 0 Å². The van der Waals surface area contributed by atoms with Crippen LogP contribution in [0.1, 0.15) is 24.2 Å². The number of aromatic amines is 1. The summed E-state index contributed by atoms with van der Waals surface area (Å²) >= 11 is 7.14. The number of hydrogen-bond acceptors (Lipinski definition) is 5. The van der Waals surface area contributed by atoms with Crippen LogP contribution in [0.4, 0.5) is 5.69 Å². The topological polar surface area (TPSA) is 87.7 Å². The van der Waals surface area contributed by atoms with E-state index in [0.29, 0.717) is 27.3 Å². The van der Waals surface area contributed by atoms with E-state index in [0.717, 1.165) is 5.56 Å². The number of rotatable bonds is 6. The van der Waals surface area contributed by atoms with E-state index in [4.69, 9.17) is 11.6 Å². The van der Waals surface area contributed by atoms with Gasteiger partial charge in [-0.2, -0.15) is 0 Å². The van der Waals surface area contributed by atoms with E-state index < -0.39 is 5.25 Å². The molecule has 3 rings (SSSR count). The number of benzene rings is 2.